The van der Waals surface area contributed by atoms with Gasteiger partial charge in [-0.3, -0.25) is 4.98 Å². The highest BCUT2D eigenvalue weighted by Gasteiger charge is 2.21. The number of anilines is 1. The molecule has 0 amide bonds. The molecule has 3 aromatic rings. The van der Waals surface area contributed by atoms with Crippen LogP contribution >= 0.6 is 0 Å². The van der Waals surface area contributed by atoms with Crippen LogP contribution in [0.2, 0.25) is 0 Å². The first kappa shape index (κ1) is 14.8. The maximum Gasteiger partial charge on any atom is 0.225 e. The van der Waals surface area contributed by atoms with Crippen LogP contribution in [0, 0.1) is 0 Å². The lowest BCUT2D eigenvalue weighted by molar-refractivity contribution is 0.153. The lowest BCUT2D eigenvalue weighted by atomic mass is 10.0. The molecule has 1 unspecified atom stereocenters. The average Bonchev–Trinajstić information content (AvgIpc) is 3.16. The third-order valence-corrected chi connectivity index (χ3v) is 4.24. The molecule has 1 fully saturated rings. The van der Waals surface area contributed by atoms with Crippen molar-refractivity contribution in [3.63, 3.8) is 0 Å². The van der Waals surface area contributed by atoms with Crippen molar-refractivity contribution >= 4 is 5.95 Å². The molecule has 4 rings (SSSR count). The number of rotatable bonds is 3. The minimum atomic E-state index is -0.320. The van der Waals surface area contributed by atoms with Gasteiger partial charge in [0.2, 0.25) is 5.95 Å². The van der Waals surface area contributed by atoms with E-state index in [2.05, 4.69) is 9.97 Å². The Hall–Kier alpha value is -2.73. The molecule has 122 valence electrons. The van der Waals surface area contributed by atoms with Gasteiger partial charge in [-0.25, -0.2) is 9.97 Å². The van der Waals surface area contributed by atoms with Crippen LogP contribution in [0.15, 0.2) is 53.7 Å². The number of aliphatic hydroxyl groups excluding tert-OH is 1. The van der Waals surface area contributed by atoms with E-state index in [-0.39, 0.29) is 6.10 Å². The summed E-state index contributed by atoms with van der Waals surface area (Å²) in [5.74, 6) is 0.641. The molecule has 0 aromatic carbocycles. The zero-order chi connectivity index (χ0) is 16.4. The zero-order valence-electron chi connectivity index (χ0n) is 13.2. The van der Waals surface area contributed by atoms with Gasteiger partial charge >= 0.3 is 0 Å². The summed E-state index contributed by atoms with van der Waals surface area (Å²) in [6.07, 6.45) is 10.1. The van der Waals surface area contributed by atoms with Gasteiger partial charge in [0.25, 0.3) is 0 Å². The number of pyridine rings is 1. The molecule has 1 N–H and O–H groups in total. The second-order valence-electron chi connectivity index (χ2n) is 5.92. The molecule has 6 heteroatoms. The van der Waals surface area contributed by atoms with Crippen molar-refractivity contribution in [3.05, 3.63) is 49.3 Å². The molecular weight excluding hydrogens is 304 g/mol. The summed E-state index contributed by atoms with van der Waals surface area (Å²) in [5, 5.41) is 9.91. The summed E-state index contributed by atoms with van der Waals surface area (Å²) < 4.78 is 5.24. The van der Waals surface area contributed by atoms with E-state index >= 15 is 0 Å². The van der Waals surface area contributed by atoms with E-state index in [1.807, 2.05) is 29.3 Å². The van der Waals surface area contributed by atoms with Crippen LogP contribution in [-0.2, 0) is 0 Å². The van der Waals surface area contributed by atoms with Gasteiger partial charge in [0, 0.05) is 42.8 Å². The molecule has 0 radical (unpaired) electrons. The predicted molar refractivity (Wildman–Crippen MR) is 90.4 cm³/mol. The Morgan fingerprint density at radius 2 is 2.04 bits per heavy atom. The number of nitrogens with zero attached hydrogens (tertiary/aromatic N) is 4. The molecule has 24 heavy (non-hydrogen) atoms. The first-order chi connectivity index (χ1) is 11.8. The third kappa shape index (κ3) is 2.88. The van der Waals surface area contributed by atoms with Gasteiger partial charge in [0.15, 0.2) is 0 Å². The predicted octanol–water partition coefficient (Wildman–Crippen LogP) is 2.76. The molecule has 3 aromatic heterocycles. The number of hydrogen-bond donors (Lipinski definition) is 1. The van der Waals surface area contributed by atoms with Crippen molar-refractivity contribution < 1.29 is 9.52 Å². The second kappa shape index (κ2) is 6.41. The van der Waals surface area contributed by atoms with Crippen LogP contribution in [0.3, 0.4) is 0 Å². The highest BCUT2D eigenvalue weighted by molar-refractivity contribution is 5.80. The first-order valence-electron chi connectivity index (χ1n) is 8.04. The fraction of sp³-hybridized carbons (Fsp3) is 0.278. The standard InChI is InChI=1S/C18H18N4O2/c23-15-2-1-8-22(11-15)18-20-10-16(13-3-6-19-7-4-13)17(21-18)14-5-9-24-12-14/h3-7,9-10,12,15,23H,1-2,8,11H2. The van der Waals surface area contributed by atoms with E-state index in [1.165, 1.54) is 0 Å². The van der Waals surface area contributed by atoms with Crippen LogP contribution in [0.25, 0.3) is 22.4 Å². The Morgan fingerprint density at radius 1 is 1.17 bits per heavy atom. The van der Waals surface area contributed by atoms with E-state index in [0.29, 0.717) is 12.5 Å². The Kier molecular flexibility index (Phi) is 3.96. The average molecular weight is 322 g/mol. The van der Waals surface area contributed by atoms with Crippen LogP contribution in [0.4, 0.5) is 5.95 Å². The van der Waals surface area contributed by atoms with E-state index in [0.717, 1.165) is 41.8 Å². The van der Waals surface area contributed by atoms with Gasteiger partial charge in [0.05, 0.1) is 24.3 Å². The van der Waals surface area contributed by atoms with E-state index in [9.17, 15) is 5.11 Å². The Balaban J connectivity index is 1.78. The fourth-order valence-corrected chi connectivity index (χ4v) is 3.02. The highest BCUT2D eigenvalue weighted by atomic mass is 16.3. The van der Waals surface area contributed by atoms with Crippen LogP contribution in [0.5, 0.6) is 0 Å². The van der Waals surface area contributed by atoms with Crippen LogP contribution in [-0.4, -0.2) is 39.3 Å². The Morgan fingerprint density at radius 3 is 2.79 bits per heavy atom. The van der Waals surface area contributed by atoms with Gasteiger partial charge in [0.1, 0.15) is 0 Å². The number of furan rings is 1. The molecule has 0 bridgehead atoms. The molecule has 1 saturated heterocycles. The Bertz CT molecular complexity index is 805. The lowest BCUT2D eigenvalue weighted by Crippen LogP contribution is -2.39. The van der Waals surface area contributed by atoms with E-state index < -0.39 is 0 Å². The largest absolute Gasteiger partial charge is 0.472 e. The number of β-amino-alcohol motifs (C(OH)–C–C–N with tert-alkyl or cyclic N) is 1. The molecular formula is C18H18N4O2. The van der Waals surface area contributed by atoms with Crippen LogP contribution < -0.4 is 4.90 Å². The minimum absolute atomic E-state index is 0.320. The van der Waals surface area contributed by atoms with E-state index in [1.54, 1.807) is 24.9 Å². The van der Waals surface area contributed by atoms with Gasteiger partial charge in [-0.2, -0.15) is 0 Å². The van der Waals surface area contributed by atoms with Gasteiger partial charge in [-0.15, -0.1) is 0 Å². The molecule has 1 atom stereocenters. The summed E-state index contributed by atoms with van der Waals surface area (Å²) in [6, 6.07) is 5.76. The number of aromatic nitrogens is 3. The van der Waals surface area contributed by atoms with Gasteiger partial charge < -0.3 is 14.4 Å². The maximum absolute atomic E-state index is 9.91. The lowest BCUT2D eigenvalue weighted by Gasteiger charge is -2.30. The molecule has 0 aliphatic carbocycles. The van der Waals surface area contributed by atoms with Crippen LogP contribution in [0.1, 0.15) is 12.8 Å². The normalized spacial score (nSPS) is 17.9. The first-order valence-corrected chi connectivity index (χ1v) is 8.04. The van der Waals surface area contributed by atoms with Crippen molar-refractivity contribution in [3.8, 4) is 22.4 Å². The molecule has 1 aliphatic rings. The smallest absolute Gasteiger partial charge is 0.225 e. The van der Waals surface area contributed by atoms with Crippen molar-refractivity contribution in [2.24, 2.45) is 0 Å². The summed E-state index contributed by atoms with van der Waals surface area (Å²) in [5.41, 5.74) is 3.66. The minimum Gasteiger partial charge on any atom is -0.472 e. The van der Waals surface area contributed by atoms with Crippen molar-refractivity contribution in [2.45, 2.75) is 18.9 Å². The monoisotopic (exact) mass is 322 g/mol. The second-order valence-corrected chi connectivity index (χ2v) is 5.92. The molecule has 4 heterocycles. The third-order valence-electron chi connectivity index (χ3n) is 4.24. The summed E-state index contributed by atoms with van der Waals surface area (Å²) in [6.45, 7) is 1.43. The highest BCUT2D eigenvalue weighted by Crippen LogP contribution is 2.31. The summed E-state index contributed by atoms with van der Waals surface area (Å²) in [4.78, 5) is 15.4. The summed E-state index contributed by atoms with van der Waals surface area (Å²) in [7, 11) is 0. The SMILES string of the molecule is OC1CCCN(c2ncc(-c3ccncc3)c(-c3ccoc3)n2)C1. The number of aliphatic hydroxyl groups is 1. The molecule has 1 aliphatic heterocycles. The van der Waals surface area contributed by atoms with Gasteiger partial charge in [-0.05, 0) is 36.6 Å². The zero-order valence-corrected chi connectivity index (χ0v) is 13.2. The van der Waals surface area contributed by atoms with Crippen molar-refractivity contribution in [1.29, 1.82) is 0 Å². The van der Waals surface area contributed by atoms with E-state index in [4.69, 9.17) is 9.40 Å². The molecule has 0 saturated carbocycles. The number of hydrogen-bond acceptors (Lipinski definition) is 6. The fourth-order valence-electron chi connectivity index (χ4n) is 3.02. The topological polar surface area (TPSA) is 75.3 Å². The molecule has 6 nitrogen and oxygen atoms in total. The Labute approximate surface area is 139 Å². The molecule has 0 spiro atoms. The number of piperidine rings is 1. The maximum atomic E-state index is 9.91. The van der Waals surface area contributed by atoms with Crippen molar-refractivity contribution in [2.75, 3.05) is 18.0 Å². The quantitative estimate of drug-likeness (QED) is 0.799. The summed E-state index contributed by atoms with van der Waals surface area (Å²) >= 11 is 0. The van der Waals surface area contributed by atoms with Gasteiger partial charge in [-0.1, -0.05) is 0 Å². The van der Waals surface area contributed by atoms with Crippen molar-refractivity contribution in [1.82, 2.24) is 15.0 Å².